The first kappa shape index (κ1) is 13.9. The molecular formula is C15H21NO3. The summed E-state index contributed by atoms with van der Waals surface area (Å²) in [6, 6.07) is 7.78. The lowest BCUT2D eigenvalue weighted by Crippen LogP contribution is -2.43. The Bertz CT molecular complexity index is 465. The smallest absolute Gasteiger partial charge is 0.414 e. The molecule has 19 heavy (non-hydrogen) atoms. The van der Waals surface area contributed by atoms with Crippen molar-refractivity contribution in [1.29, 1.82) is 0 Å². The number of aliphatic hydroxyl groups excluding tert-OH is 1. The minimum Gasteiger partial charge on any atom is -0.443 e. The van der Waals surface area contributed by atoms with Crippen molar-refractivity contribution in [2.45, 2.75) is 32.8 Å². The number of amides is 1. The summed E-state index contributed by atoms with van der Waals surface area (Å²) in [6.45, 7) is 6.13. The van der Waals surface area contributed by atoms with Crippen LogP contribution in [0.2, 0.25) is 0 Å². The molecule has 4 heteroatoms. The molecule has 1 atom stereocenters. The van der Waals surface area contributed by atoms with Crippen LogP contribution < -0.4 is 4.90 Å². The molecule has 1 heterocycles. The Hall–Kier alpha value is -1.55. The number of rotatable bonds is 1. The fourth-order valence-electron chi connectivity index (χ4n) is 2.29. The van der Waals surface area contributed by atoms with Crippen LogP contribution in [0.1, 0.15) is 26.3 Å². The Balaban J connectivity index is 2.27. The Morgan fingerprint density at radius 3 is 2.74 bits per heavy atom. The van der Waals surface area contributed by atoms with E-state index in [1.807, 2.05) is 45.0 Å². The summed E-state index contributed by atoms with van der Waals surface area (Å²) in [5.74, 6) is 0.0717. The Labute approximate surface area is 114 Å². The number of nitrogens with zero attached hydrogens (tertiary/aromatic N) is 1. The predicted octanol–water partition coefficient (Wildman–Crippen LogP) is 2.59. The Kier molecular flexibility index (Phi) is 3.80. The molecule has 1 aromatic rings. The van der Waals surface area contributed by atoms with Gasteiger partial charge in [0.2, 0.25) is 0 Å². The van der Waals surface area contributed by atoms with Crippen molar-refractivity contribution in [3.63, 3.8) is 0 Å². The molecule has 1 aromatic carbocycles. The number of carbonyl (C=O) groups is 1. The van der Waals surface area contributed by atoms with Gasteiger partial charge < -0.3 is 9.84 Å². The predicted molar refractivity (Wildman–Crippen MR) is 74.3 cm³/mol. The van der Waals surface area contributed by atoms with Gasteiger partial charge in [-0.1, -0.05) is 18.2 Å². The highest BCUT2D eigenvalue weighted by Gasteiger charge is 2.30. The minimum atomic E-state index is -0.516. The van der Waals surface area contributed by atoms with Gasteiger partial charge in [0.15, 0.2) is 0 Å². The van der Waals surface area contributed by atoms with Crippen LogP contribution in [0, 0.1) is 5.92 Å². The van der Waals surface area contributed by atoms with Crippen molar-refractivity contribution in [2.24, 2.45) is 5.92 Å². The lowest BCUT2D eigenvalue weighted by atomic mass is 9.93. The summed E-state index contributed by atoms with van der Waals surface area (Å²) in [7, 11) is 0. The van der Waals surface area contributed by atoms with Crippen LogP contribution in [-0.2, 0) is 11.2 Å². The summed E-state index contributed by atoms with van der Waals surface area (Å²) in [4.78, 5) is 13.9. The van der Waals surface area contributed by atoms with E-state index in [0.29, 0.717) is 6.54 Å². The number of hydrogen-bond donors (Lipinski definition) is 1. The summed E-state index contributed by atoms with van der Waals surface area (Å²) in [6.07, 6.45) is 0.449. The maximum Gasteiger partial charge on any atom is 0.414 e. The molecule has 0 saturated heterocycles. The van der Waals surface area contributed by atoms with E-state index in [-0.39, 0.29) is 18.6 Å². The molecule has 2 rings (SSSR count). The normalized spacial score (nSPS) is 18.9. The van der Waals surface area contributed by atoms with Crippen LogP contribution in [0.15, 0.2) is 24.3 Å². The summed E-state index contributed by atoms with van der Waals surface area (Å²) < 4.78 is 5.43. The summed E-state index contributed by atoms with van der Waals surface area (Å²) in [5, 5.41) is 9.37. The van der Waals surface area contributed by atoms with Crippen molar-refractivity contribution in [3.8, 4) is 0 Å². The van der Waals surface area contributed by atoms with Gasteiger partial charge in [-0.15, -0.1) is 0 Å². The molecule has 1 unspecified atom stereocenters. The third kappa shape index (κ3) is 3.26. The molecule has 1 aliphatic rings. The molecule has 0 spiro atoms. The first-order chi connectivity index (χ1) is 8.90. The molecule has 0 fully saturated rings. The molecule has 0 aromatic heterocycles. The molecular weight excluding hydrogens is 242 g/mol. The van der Waals surface area contributed by atoms with E-state index in [9.17, 15) is 9.90 Å². The lowest BCUT2D eigenvalue weighted by molar-refractivity contribution is 0.0566. The average Bonchev–Trinajstić information content (AvgIpc) is 2.35. The van der Waals surface area contributed by atoms with Gasteiger partial charge in [0.1, 0.15) is 5.60 Å². The number of aliphatic hydroxyl groups is 1. The van der Waals surface area contributed by atoms with E-state index in [2.05, 4.69) is 0 Å². The van der Waals surface area contributed by atoms with Crippen LogP contribution >= 0.6 is 0 Å². The van der Waals surface area contributed by atoms with E-state index in [1.54, 1.807) is 4.90 Å². The van der Waals surface area contributed by atoms with Gasteiger partial charge in [-0.2, -0.15) is 0 Å². The number of anilines is 1. The fraction of sp³-hybridized carbons (Fsp3) is 0.533. The van der Waals surface area contributed by atoms with Gasteiger partial charge in [-0.05, 0) is 38.8 Å². The quantitative estimate of drug-likeness (QED) is 0.847. The number of benzene rings is 1. The third-order valence-corrected chi connectivity index (χ3v) is 3.10. The van der Waals surface area contributed by atoms with Gasteiger partial charge in [0, 0.05) is 19.1 Å². The Morgan fingerprint density at radius 2 is 2.11 bits per heavy atom. The molecule has 0 saturated carbocycles. The van der Waals surface area contributed by atoms with Gasteiger partial charge in [-0.3, -0.25) is 4.90 Å². The number of ether oxygens (including phenoxy) is 1. The number of carbonyl (C=O) groups excluding carboxylic acids is 1. The monoisotopic (exact) mass is 263 g/mol. The molecule has 1 aliphatic heterocycles. The zero-order chi connectivity index (χ0) is 14.0. The molecule has 1 amide bonds. The van der Waals surface area contributed by atoms with Crippen LogP contribution in [0.4, 0.5) is 10.5 Å². The highest BCUT2D eigenvalue weighted by Crippen LogP contribution is 2.30. The molecule has 0 bridgehead atoms. The molecule has 1 N–H and O–H groups in total. The van der Waals surface area contributed by atoms with E-state index < -0.39 is 5.60 Å². The minimum absolute atomic E-state index is 0.0717. The van der Waals surface area contributed by atoms with Gasteiger partial charge in [0.25, 0.3) is 0 Å². The molecule has 4 nitrogen and oxygen atoms in total. The van der Waals surface area contributed by atoms with Gasteiger partial charge in [-0.25, -0.2) is 4.79 Å². The van der Waals surface area contributed by atoms with Crippen molar-refractivity contribution >= 4 is 11.8 Å². The number of fused-ring (bicyclic) bond motifs is 1. The zero-order valence-corrected chi connectivity index (χ0v) is 11.7. The Morgan fingerprint density at radius 1 is 1.42 bits per heavy atom. The van der Waals surface area contributed by atoms with E-state index in [1.165, 1.54) is 0 Å². The second-order valence-electron chi connectivity index (χ2n) is 5.97. The zero-order valence-electron chi connectivity index (χ0n) is 11.7. The topological polar surface area (TPSA) is 49.8 Å². The van der Waals surface area contributed by atoms with Crippen LogP contribution in [0.25, 0.3) is 0 Å². The highest BCUT2D eigenvalue weighted by molar-refractivity contribution is 5.89. The van der Waals surface area contributed by atoms with Crippen LogP contribution in [0.3, 0.4) is 0 Å². The highest BCUT2D eigenvalue weighted by atomic mass is 16.6. The first-order valence-corrected chi connectivity index (χ1v) is 6.60. The standard InChI is InChI=1S/C15H21NO3/c1-15(2,3)19-14(18)16-9-11(10-17)8-12-6-4-5-7-13(12)16/h4-7,11,17H,8-10H2,1-3H3. The summed E-state index contributed by atoms with van der Waals surface area (Å²) in [5.41, 5.74) is 1.46. The molecule has 104 valence electrons. The molecule has 0 radical (unpaired) electrons. The van der Waals surface area contributed by atoms with Crippen molar-refractivity contribution < 1.29 is 14.6 Å². The maximum atomic E-state index is 12.3. The largest absolute Gasteiger partial charge is 0.443 e. The number of hydrogen-bond acceptors (Lipinski definition) is 3. The number of para-hydroxylation sites is 1. The summed E-state index contributed by atoms with van der Waals surface area (Å²) >= 11 is 0. The third-order valence-electron chi connectivity index (χ3n) is 3.10. The van der Waals surface area contributed by atoms with E-state index in [4.69, 9.17) is 4.74 Å². The van der Waals surface area contributed by atoms with Crippen LogP contribution in [0.5, 0.6) is 0 Å². The van der Waals surface area contributed by atoms with Crippen LogP contribution in [-0.4, -0.2) is 30.0 Å². The SMILES string of the molecule is CC(C)(C)OC(=O)N1CC(CO)Cc2ccccc21. The van der Waals surface area contributed by atoms with Crippen molar-refractivity contribution in [1.82, 2.24) is 0 Å². The second-order valence-corrected chi connectivity index (χ2v) is 5.97. The second kappa shape index (κ2) is 5.21. The fourth-order valence-corrected chi connectivity index (χ4v) is 2.29. The maximum absolute atomic E-state index is 12.3. The van der Waals surface area contributed by atoms with E-state index in [0.717, 1.165) is 17.7 Å². The molecule has 0 aliphatic carbocycles. The van der Waals surface area contributed by atoms with Crippen molar-refractivity contribution in [2.75, 3.05) is 18.1 Å². The first-order valence-electron chi connectivity index (χ1n) is 6.60. The average molecular weight is 263 g/mol. The van der Waals surface area contributed by atoms with Gasteiger partial charge >= 0.3 is 6.09 Å². The van der Waals surface area contributed by atoms with Gasteiger partial charge in [0.05, 0.1) is 5.69 Å². The lowest BCUT2D eigenvalue weighted by Gasteiger charge is -2.35. The van der Waals surface area contributed by atoms with E-state index >= 15 is 0 Å². The van der Waals surface area contributed by atoms with Crippen molar-refractivity contribution in [3.05, 3.63) is 29.8 Å².